The van der Waals surface area contributed by atoms with Crippen LogP contribution in [-0.4, -0.2) is 7.11 Å². The minimum Gasteiger partial charge on any atom is -1.00 e. The first kappa shape index (κ1) is 12.7. The van der Waals surface area contributed by atoms with Crippen molar-refractivity contribution in [3.63, 3.8) is 0 Å². The molecule has 0 N–H and O–H groups in total. The Balaban J connectivity index is 0. The van der Waals surface area contributed by atoms with Crippen molar-refractivity contribution in [2.45, 2.75) is 0 Å². The van der Waals surface area contributed by atoms with Crippen LogP contribution in [0.2, 0.25) is 0 Å². The van der Waals surface area contributed by atoms with Crippen LogP contribution < -0.4 is 12.4 Å². The van der Waals surface area contributed by atoms with Crippen LogP contribution in [0.4, 0.5) is 0 Å². The van der Waals surface area contributed by atoms with E-state index in [-0.39, 0.29) is 33.5 Å². The summed E-state index contributed by atoms with van der Waals surface area (Å²) < 4.78 is 4.89. The zero-order valence-corrected chi connectivity index (χ0v) is 8.44. The molecule has 0 aliphatic heterocycles. The van der Waals surface area contributed by atoms with Crippen molar-refractivity contribution < 1.29 is 38.2 Å². The Kier molecular flexibility index (Phi) is 9.07. The van der Waals surface area contributed by atoms with E-state index in [0.29, 0.717) is 0 Å². The van der Waals surface area contributed by atoms with Gasteiger partial charge in [-0.3, -0.25) is 0 Å². The molecular weight excluding hydrogens is 331 g/mol. The second-order valence-corrected chi connectivity index (χ2v) is 1.44. The van der Waals surface area contributed by atoms with E-state index >= 15 is 0 Å². The van der Waals surface area contributed by atoms with Gasteiger partial charge in [0.25, 0.3) is 0 Å². The minimum absolute atomic E-state index is 0. The maximum absolute atomic E-state index is 4.89. The molecule has 3 heteroatoms. The third-order valence-electron chi connectivity index (χ3n) is 0.923. The number of hydrogen-bond donors (Lipinski definition) is 0. The molecule has 1 radical (unpaired) electrons. The first-order valence-electron chi connectivity index (χ1n) is 2.43. The van der Waals surface area contributed by atoms with Crippen molar-refractivity contribution in [3.05, 3.63) is 36.1 Å². The van der Waals surface area contributed by atoms with Crippen LogP contribution in [-0.2, 0) is 25.8 Å². The van der Waals surface area contributed by atoms with Gasteiger partial charge in [0, 0.05) is 21.1 Å². The number of rotatable bonds is 1. The van der Waals surface area contributed by atoms with E-state index in [1.807, 2.05) is 24.6 Å². The predicted octanol–water partition coefficient (Wildman–Crippen LogP) is -1.55. The van der Waals surface area contributed by atoms with E-state index in [4.69, 9.17) is 4.74 Å². The van der Waals surface area contributed by atoms with E-state index < -0.39 is 0 Å². The molecule has 10 heavy (non-hydrogen) atoms. The summed E-state index contributed by atoms with van der Waals surface area (Å²) in [6, 6.07) is 0. The molecule has 0 aromatic carbocycles. The Morgan fingerprint density at radius 3 is 2.40 bits per heavy atom. The van der Waals surface area contributed by atoms with Gasteiger partial charge in [-0.2, -0.15) is 0 Å². The molecule has 0 saturated carbocycles. The third-order valence-corrected chi connectivity index (χ3v) is 0.923. The van der Waals surface area contributed by atoms with Gasteiger partial charge in [-0.15, -0.1) is 5.73 Å². The van der Waals surface area contributed by atoms with E-state index in [1.54, 1.807) is 7.11 Å². The van der Waals surface area contributed by atoms with Gasteiger partial charge in [0.2, 0.25) is 0 Å². The zero-order valence-electron chi connectivity index (χ0n) is 5.41. The fraction of sp³-hybridized carbons (Fsp3) is 0.143. The van der Waals surface area contributed by atoms with Gasteiger partial charge in [-0.25, -0.2) is 0 Å². The number of hydrogen-bond acceptors (Lipinski definition) is 1. The predicted molar refractivity (Wildman–Crippen MR) is 32.0 cm³/mol. The molecule has 0 fully saturated rings. The number of ether oxygens (including phenoxy) is 1. The Labute approximate surface area is 81.5 Å². The smallest absolute Gasteiger partial charge is 0.105 e. The van der Waals surface area contributed by atoms with Gasteiger partial charge in [-0.05, 0) is 18.2 Å². The van der Waals surface area contributed by atoms with Crippen LogP contribution in [0.3, 0.4) is 0 Å². The molecule has 1 aliphatic rings. The Hall–Kier alpha value is 0.0383. The van der Waals surface area contributed by atoms with Crippen molar-refractivity contribution in [3.8, 4) is 0 Å². The monoisotopic (exact) mass is 337 g/mol. The van der Waals surface area contributed by atoms with Crippen molar-refractivity contribution in [2.24, 2.45) is 0 Å². The van der Waals surface area contributed by atoms with Crippen LogP contribution in [0.1, 0.15) is 0 Å². The van der Waals surface area contributed by atoms with Gasteiger partial charge in [-0.1, -0.05) is 0 Å². The van der Waals surface area contributed by atoms with E-state index in [9.17, 15) is 0 Å². The Morgan fingerprint density at radius 2 is 2.10 bits per heavy atom. The first-order chi connectivity index (χ1) is 3.93. The molecule has 0 aromatic rings. The molecule has 0 amide bonds. The van der Waals surface area contributed by atoms with E-state index in [2.05, 4.69) is 5.73 Å². The molecule has 1 rings (SSSR count). The fourth-order valence-corrected chi connectivity index (χ4v) is 0.508. The first-order valence-corrected chi connectivity index (χ1v) is 2.43. The molecule has 0 atom stereocenters. The van der Waals surface area contributed by atoms with E-state index in [1.165, 1.54) is 0 Å². The largest absolute Gasteiger partial charge is 1.00 e. The van der Waals surface area contributed by atoms with Crippen LogP contribution >= 0.6 is 0 Å². The van der Waals surface area contributed by atoms with Gasteiger partial charge < -0.3 is 17.1 Å². The summed E-state index contributed by atoms with van der Waals surface area (Å²) in [6.45, 7) is 0. The van der Waals surface area contributed by atoms with Crippen molar-refractivity contribution in [2.75, 3.05) is 7.11 Å². The standard InChI is InChI=1S/C7H7O.ClH.Pt/c1-8-7-5-3-2-4-6-7;;/h3-6H,1H3;1H;/p-1. The number of allylic oxidation sites excluding steroid dienone is 2. The van der Waals surface area contributed by atoms with Crippen LogP contribution in [0, 0.1) is 6.42 Å². The van der Waals surface area contributed by atoms with E-state index in [0.717, 1.165) is 5.76 Å². The molecule has 0 spiro atoms. The molecule has 0 heterocycles. The van der Waals surface area contributed by atoms with Gasteiger partial charge in [0.05, 0.1) is 13.5 Å². The molecule has 0 unspecified atom stereocenters. The normalized spacial score (nSPS) is 12.7. The molecular formula is C7H7ClOPt-. The molecule has 1 aliphatic carbocycles. The van der Waals surface area contributed by atoms with Crippen LogP contribution in [0.25, 0.3) is 0 Å². The van der Waals surface area contributed by atoms with Crippen molar-refractivity contribution in [1.29, 1.82) is 0 Å². The van der Waals surface area contributed by atoms with Crippen molar-refractivity contribution >= 4 is 0 Å². The summed E-state index contributed by atoms with van der Waals surface area (Å²) >= 11 is 0. The van der Waals surface area contributed by atoms with Crippen LogP contribution in [0.15, 0.2) is 29.7 Å². The summed E-state index contributed by atoms with van der Waals surface area (Å²) in [5.41, 5.74) is 2.89. The maximum Gasteiger partial charge on any atom is 0.105 e. The van der Waals surface area contributed by atoms with Crippen molar-refractivity contribution in [1.82, 2.24) is 0 Å². The SMILES string of the molecule is COC1=CC=C=C[CH]1.[Cl-].[Pt]. The van der Waals surface area contributed by atoms with Gasteiger partial charge >= 0.3 is 0 Å². The fourth-order valence-electron chi connectivity index (χ4n) is 0.508. The average molecular weight is 338 g/mol. The minimum atomic E-state index is 0. The summed E-state index contributed by atoms with van der Waals surface area (Å²) in [4.78, 5) is 0. The third kappa shape index (κ3) is 3.95. The summed E-state index contributed by atoms with van der Waals surface area (Å²) in [7, 11) is 1.65. The second-order valence-electron chi connectivity index (χ2n) is 1.44. The maximum atomic E-state index is 4.89. The molecule has 0 saturated heterocycles. The quantitative estimate of drug-likeness (QED) is 0.526. The summed E-state index contributed by atoms with van der Waals surface area (Å²) in [5.74, 6) is 0.878. The van der Waals surface area contributed by atoms with Gasteiger partial charge in [0.1, 0.15) is 5.76 Å². The van der Waals surface area contributed by atoms with Gasteiger partial charge in [0.15, 0.2) is 0 Å². The molecule has 59 valence electrons. The molecule has 1 nitrogen and oxygen atoms in total. The zero-order chi connectivity index (χ0) is 5.82. The molecule has 0 bridgehead atoms. The summed E-state index contributed by atoms with van der Waals surface area (Å²) in [6.07, 6.45) is 7.36. The Bertz CT molecular complexity index is 168. The number of methoxy groups -OCH3 is 1. The second kappa shape index (κ2) is 7.15. The average Bonchev–Trinajstić information content (AvgIpc) is 1.90. The summed E-state index contributed by atoms with van der Waals surface area (Å²) in [5, 5.41) is 0. The molecule has 0 aromatic heterocycles. The Morgan fingerprint density at radius 1 is 1.40 bits per heavy atom. The van der Waals surface area contributed by atoms with Crippen LogP contribution in [0.5, 0.6) is 0 Å². The topological polar surface area (TPSA) is 9.23 Å². The number of halogens is 1.